The summed E-state index contributed by atoms with van der Waals surface area (Å²) in [6.07, 6.45) is 0. The number of hydrogen-bond acceptors (Lipinski definition) is 4. The van der Waals surface area contributed by atoms with Crippen molar-refractivity contribution in [3.8, 4) is 11.5 Å². The molecule has 1 heterocycles. The van der Waals surface area contributed by atoms with E-state index < -0.39 is 5.97 Å². The third kappa shape index (κ3) is 1.85. The van der Waals surface area contributed by atoms with Gasteiger partial charge in [-0.2, -0.15) is 0 Å². The minimum Gasteiger partial charge on any atom is -0.485 e. The third-order valence-electron chi connectivity index (χ3n) is 2.11. The number of halogens is 2. The van der Waals surface area contributed by atoms with Crippen molar-refractivity contribution in [1.82, 2.24) is 0 Å². The number of fused-ring (bicyclic) bond motifs is 1. The lowest BCUT2D eigenvalue weighted by Gasteiger charge is -2.21. The molecule has 0 radical (unpaired) electrons. The van der Waals surface area contributed by atoms with E-state index in [0.29, 0.717) is 29.2 Å². The number of rotatable bonds is 1. The smallest absolute Gasteiger partial charge is 0.339 e. The zero-order valence-corrected chi connectivity index (χ0v) is 10.7. The van der Waals surface area contributed by atoms with Crippen LogP contribution >= 0.6 is 27.5 Å². The molecule has 1 aromatic carbocycles. The van der Waals surface area contributed by atoms with Crippen molar-refractivity contribution in [3.63, 3.8) is 0 Å². The Morgan fingerprint density at radius 2 is 2.06 bits per heavy atom. The normalized spacial score (nSPS) is 13.4. The van der Waals surface area contributed by atoms with Crippen molar-refractivity contribution in [1.29, 1.82) is 0 Å². The number of benzene rings is 1. The van der Waals surface area contributed by atoms with Crippen LogP contribution in [0.5, 0.6) is 11.5 Å². The second-order valence-electron chi connectivity index (χ2n) is 3.07. The van der Waals surface area contributed by atoms with Crippen molar-refractivity contribution in [2.75, 3.05) is 20.3 Å². The molecule has 1 aliphatic heterocycles. The van der Waals surface area contributed by atoms with Gasteiger partial charge in [0.25, 0.3) is 0 Å². The highest BCUT2D eigenvalue weighted by molar-refractivity contribution is 9.10. The molecule has 2 rings (SSSR count). The zero-order chi connectivity index (χ0) is 11.7. The fourth-order valence-electron chi connectivity index (χ4n) is 1.40. The zero-order valence-electron chi connectivity index (χ0n) is 8.38. The largest absolute Gasteiger partial charge is 0.485 e. The molecule has 0 aromatic heterocycles. The number of methoxy groups -OCH3 is 1. The van der Waals surface area contributed by atoms with Gasteiger partial charge in [0.05, 0.1) is 17.1 Å². The van der Waals surface area contributed by atoms with Gasteiger partial charge in [-0.05, 0) is 22.0 Å². The molecule has 0 unspecified atom stereocenters. The third-order valence-corrected chi connectivity index (χ3v) is 3.08. The van der Waals surface area contributed by atoms with Gasteiger partial charge >= 0.3 is 5.97 Å². The Labute approximate surface area is 106 Å². The van der Waals surface area contributed by atoms with Gasteiger partial charge in [-0.15, -0.1) is 0 Å². The average Bonchev–Trinajstić information content (AvgIpc) is 2.33. The first-order valence-corrected chi connectivity index (χ1v) is 5.68. The van der Waals surface area contributed by atoms with Gasteiger partial charge in [0, 0.05) is 0 Å². The van der Waals surface area contributed by atoms with Gasteiger partial charge in [0.2, 0.25) is 0 Å². The van der Waals surface area contributed by atoms with Gasteiger partial charge in [-0.1, -0.05) is 11.6 Å². The van der Waals surface area contributed by atoms with Crippen molar-refractivity contribution in [2.24, 2.45) is 0 Å². The first-order chi connectivity index (χ1) is 7.65. The van der Waals surface area contributed by atoms with Crippen molar-refractivity contribution in [2.45, 2.75) is 0 Å². The Bertz CT molecular complexity index is 447. The Morgan fingerprint density at radius 1 is 1.44 bits per heavy atom. The lowest BCUT2D eigenvalue weighted by Crippen LogP contribution is -2.17. The second kappa shape index (κ2) is 4.51. The summed E-state index contributed by atoms with van der Waals surface area (Å²) in [6.45, 7) is 0.864. The number of ether oxygens (including phenoxy) is 3. The molecule has 1 aliphatic rings. The van der Waals surface area contributed by atoms with E-state index in [-0.39, 0.29) is 10.6 Å². The van der Waals surface area contributed by atoms with Gasteiger partial charge < -0.3 is 14.2 Å². The number of hydrogen-bond donors (Lipinski definition) is 0. The van der Waals surface area contributed by atoms with Gasteiger partial charge in [-0.25, -0.2) is 4.79 Å². The quantitative estimate of drug-likeness (QED) is 0.748. The Balaban J connectivity index is 2.58. The summed E-state index contributed by atoms with van der Waals surface area (Å²) in [5.74, 6) is 0.384. The molecule has 0 fully saturated rings. The molecule has 16 heavy (non-hydrogen) atoms. The number of carbonyl (C=O) groups is 1. The van der Waals surface area contributed by atoms with Crippen molar-refractivity contribution < 1.29 is 19.0 Å². The summed E-state index contributed by atoms with van der Waals surface area (Å²) in [7, 11) is 1.30. The fraction of sp³-hybridized carbons (Fsp3) is 0.300. The summed E-state index contributed by atoms with van der Waals surface area (Å²) in [5.41, 5.74) is 0.250. The van der Waals surface area contributed by atoms with E-state index >= 15 is 0 Å². The van der Waals surface area contributed by atoms with Crippen LogP contribution in [0.25, 0.3) is 0 Å². The van der Waals surface area contributed by atoms with E-state index in [1.54, 1.807) is 6.07 Å². The fourth-order valence-corrected chi connectivity index (χ4v) is 2.19. The molecule has 4 nitrogen and oxygen atoms in total. The van der Waals surface area contributed by atoms with Crippen LogP contribution in [0.4, 0.5) is 0 Å². The standard InChI is InChI=1S/C10H8BrClO4/c1-14-10(13)5-4-6(11)8-9(7(5)12)16-3-2-15-8/h4H,2-3H2,1H3. The Kier molecular flexibility index (Phi) is 3.25. The van der Waals surface area contributed by atoms with Crippen LogP contribution in [0, 0.1) is 0 Å². The molecule has 0 bridgehead atoms. The van der Waals surface area contributed by atoms with Crippen LogP contribution in [-0.2, 0) is 4.74 Å². The molecule has 0 aliphatic carbocycles. The summed E-state index contributed by atoms with van der Waals surface area (Å²) in [4.78, 5) is 11.4. The maximum absolute atomic E-state index is 11.4. The average molecular weight is 308 g/mol. The number of esters is 1. The molecule has 1 aromatic rings. The molecule has 86 valence electrons. The molecular weight excluding hydrogens is 299 g/mol. The summed E-state index contributed by atoms with van der Waals surface area (Å²) < 4.78 is 16.0. The molecule has 0 saturated heterocycles. The molecule has 0 N–H and O–H groups in total. The van der Waals surface area contributed by atoms with Crippen LogP contribution in [-0.4, -0.2) is 26.3 Å². The predicted octanol–water partition coefficient (Wildman–Crippen LogP) is 2.66. The first kappa shape index (κ1) is 11.5. The lowest BCUT2D eigenvalue weighted by atomic mass is 10.2. The molecule has 6 heteroatoms. The van der Waals surface area contributed by atoms with Crippen LogP contribution in [0.3, 0.4) is 0 Å². The second-order valence-corrected chi connectivity index (χ2v) is 4.30. The van der Waals surface area contributed by atoms with Gasteiger partial charge in [-0.3, -0.25) is 0 Å². The predicted molar refractivity (Wildman–Crippen MR) is 61.5 cm³/mol. The highest BCUT2D eigenvalue weighted by Gasteiger charge is 2.24. The lowest BCUT2D eigenvalue weighted by molar-refractivity contribution is 0.0599. The van der Waals surface area contributed by atoms with Crippen LogP contribution in [0.2, 0.25) is 5.02 Å². The van der Waals surface area contributed by atoms with Crippen molar-refractivity contribution >= 4 is 33.5 Å². The maximum Gasteiger partial charge on any atom is 0.339 e. The highest BCUT2D eigenvalue weighted by atomic mass is 79.9. The summed E-state index contributed by atoms with van der Waals surface area (Å²) in [6, 6.07) is 1.56. The molecule has 0 atom stereocenters. The van der Waals surface area contributed by atoms with E-state index in [2.05, 4.69) is 20.7 Å². The van der Waals surface area contributed by atoms with Gasteiger partial charge in [0.1, 0.15) is 18.2 Å². The van der Waals surface area contributed by atoms with E-state index in [0.717, 1.165) is 0 Å². The van der Waals surface area contributed by atoms with Gasteiger partial charge in [0.15, 0.2) is 11.5 Å². The topological polar surface area (TPSA) is 44.8 Å². The monoisotopic (exact) mass is 306 g/mol. The van der Waals surface area contributed by atoms with Crippen molar-refractivity contribution in [3.05, 3.63) is 21.1 Å². The van der Waals surface area contributed by atoms with Crippen LogP contribution in [0.1, 0.15) is 10.4 Å². The molecule has 0 saturated carbocycles. The number of carbonyl (C=O) groups excluding carboxylic acids is 1. The first-order valence-electron chi connectivity index (χ1n) is 4.51. The maximum atomic E-state index is 11.4. The molecule has 0 amide bonds. The van der Waals surface area contributed by atoms with E-state index in [9.17, 15) is 4.79 Å². The summed E-state index contributed by atoms with van der Waals surface area (Å²) >= 11 is 9.34. The molecule has 0 spiro atoms. The molecular formula is C10H8BrClO4. The SMILES string of the molecule is COC(=O)c1cc(Br)c2c(c1Cl)OCCO2. The Morgan fingerprint density at radius 3 is 2.69 bits per heavy atom. The Hall–Kier alpha value is -0.940. The van der Waals surface area contributed by atoms with E-state index in [4.69, 9.17) is 21.1 Å². The van der Waals surface area contributed by atoms with Crippen LogP contribution in [0.15, 0.2) is 10.5 Å². The van der Waals surface area contributed by atoms with E-state index in [1.807, 2.05) is 0 Å². The minimum atomic E-state index is -0.511. The van der Waals surface area contributed by atoms with Crippen LogP contribution < -0.4 is 9.47 Å². The van der Waals surface area contributed by atoms with E-state index in [1.165, 1.54) is 7.11 Å². The summed E-state index contributed by atoms with van der Waals surface area (Å²) in [5, 5.41) is 0.213. The minimum absolute atomic E-state index is 0.213. The highest BCUT2D eigenvalue weighted by Crippen LogP contribution is 2.44.